The van der Waals surface area contributed by atoms with E-state index >= 15 is 0 Å². The Hall–Kier alpha value is -2.63. The van der Waals surface area contributed by atoms with Gasteiger partial charge in [0.15, 0.2) is 0 Å². The molecule has 154 valence electrons. The molecule has 1 aliphatic heterocycles. The van der Waals surface area contributed by atoms with E-state index in [0.717, 1.165) is 9.80 Å². The van der Waals surface area contributed by atoms with Gasteiger partial charge in [-0.2, -0.15) is 0 Å². The first-order valence-electron chi connectivity index (χ1n) is 8.41. The predicted octanol–water partition coefficient (Wildman–Crippen LogP) is 4.75. The fourth-order valence-electron chi connectivity index (χ4n) is 2.59. The van der Waals surface area contributed by atoms with Crippen LogP contribution >= 0.6 is 39.5 Å². The van der Waals surface area contributed by atoms with Crippen molar-refractivity contribution in [2.24, 2.45) is 0 Å². The minimum Gasteiger partial charge on any atom is -0.324 e. The van der Waals surface area contributed by atoms with Crippen LogP contribution in [0.2, 0.25) is 0 Å². The van der Waals surface area contributed by atoms with Gasteiger partial charge in [0.05, 0.1) is 14.3 Å². The van der Waals surface area contributed by atoms with Gasteiger partial charge in [0.25, 0.3) is 16.8 Å². The van der Waals surface area contributed by atoms with Crippen molar-refractivity contribution < 1.29 is 19.3 Å². The topological polar surface area (TPSA) is 110 Å². The van der Waals surface area contributed by atoms with E-state index in [4.69, 9.17) is 0 Å². The summed E-state index contributed by atoms with van der Waals surface area (Å²) >= 11 is 5.30. The lowest BCUT2D eigenvalue weighted by atomic mass is 10.2. The number of anilines is 1. The highest BCUT2D eigenvalue weighted by atomic mass is 79.9. The molecule has 3 rings (SSSR count). The molecule has 0 aromatic heterocycles. The maximum Gasteiger partial charge on any atom is 0.294 e. The molecule has 11 heteroatoms. The molecule has 0 atom stereocenters. The molecule has 1 aliphatic rings. The highest BCUT2D eigenvalue weighted by molar-refractivity contribution is 9.10. The van der Waals surface area contributed by atoms with E-state index < -0.39 is 28.5 Å². The number of hydrogen-bond acceptors (Lipinski definition) is 7. The van der Waals surface area contributed by atoms with Crippen molar-refractivity contribution in [1.82, 2.24) is 4.90 Å². The van der Waals surface area contributed by atoms with Crippen LogP contribution in [0.5, 0.6) is 0 Å². The summed E-state index contributed by atoms with van der Waals surface area (Å²) < 4.78 is 0.306. The minimum absolute atomic E-state index is 0.0915. The van der Waals surface area contributed by atoms with Crippen LogP contribution in [0.15, 0.2) is 56.7 Å². The van der Waals surface area contributed by atoms with Crippen molar-refractivity contribution >= 4 is 74.0 Å². The first kappa shape index (κ1) is 22.1. The fraction of sp³-hybridized carbons (Fsp3) is 0.105. The first-order valence-corrected chi connectivity index (χ1v) is 11.2. The molecule has 1 N–H and O–H groups in total. The van der Waals surface area contributed by atoms with Gasteiger partial charge in [0, 0.05) is 16.6 Å². The summed E-state index contributed by atoms with van der Waals surface area (Å²) in [5.74, 6) is -1.13. The molecule has 0 spiro atoms. The second-order valence-electron chi connectivity index (χ2n) is 6.02. The second kappa shape index (κ2) is 9.45. The molecule has 30 heavy (non-hydrogen) atoms. The van der Waals surface area contributed by atoms with Crippen molar-refractivity contribution in [1.29, 1.82) is 0 Å². The summed E-state index contributed by atoms with van der Waals surface area (Å²) in [7, 11) is 0. The predicted molar refractivity (Wildman–Crippen MR) is 120 cm³/mol. The third kappa shape index (κ3) is 5.10. The van der Waals surface area contributed by atoms with E-state index in [0.29, 0.717) is 27.5 Å². The zero-order chi connectivity index (χ0) is 21.8. The van der Waals surface area contributed by atoms with Crippen LogP contribution in [0, 0.1) is 10.1 Å². The van der Waals surface area contributed by atoms with Crippen molar-refractivity contribution in [2.75, 3.05) is 18.1 Å². The maximum atomic E-state index is 12.6. The van der Waals surface area contributed by atoms with Gasteiger partial charge < -0.3 is 5.32 Å². The third-order valence-corrected chi connectivity index (χ3v) is 6.30. The minimum atomic E-state index is -0.622. The average Bonchev–Trinajstić information content (AvgIpc) is 2.96. The Balaban J connectivity index is 1.73. The van der Waals surface area contributed by atoms with Gasteiger partial charge in [-0.25, -0.2) is 0 Å². The number of imide groups is 1. The SMILES string of the molecule is CSc1cccc(NC(=O)CN2C(=O)S/C(=C\c3ccc(Br)c([N+](=O)[O-])c3)C2=O)c1. The van der Waals surface area contributed by atoms with E-state index in [1.165, 1.54) is 30.0 Å². The van der Waals surface area contributed by atoms with Crippen molar-refractivity contribution in [2.45, 2.75) is 4.90 Å². The van der Waals surface area contributed by atoms with Crippen molar-refractivity contribution in [3.63, 3.8) is 0 Å². The number of nitro benzene ring substituents is 1. The van der Waals surface area contributed by atoms with Crippen molar-refractivity contribution in [3.05, 3.63) is 67.5 Å². The normalized spacial score (nSPS) is 15.0. The lowest BCUT2D eigenvalue weighted by molar-refractivity contribution is -0.385. The number of hydrogen-bond donors (Lipinski definition) is 1. The number of carbonyl (C=O) groups is 3. The van der Waals surface area contributed by atoms with E-state index in [1.54, 1.807) is 24.3 Å². The third-order valence-electron chi connectivity index (χ3n) is 3.99. The van der Waals surface area contributed by atoms with Crippen LogP contribution in [0.1, 0.15) is 5.56 Å². The summed E-state index contributed by atoms with van der Waals surface area (Å²) in [6.07, 6.45) is 3.30. The number of rotatable bonds is 6. The molecule has 0 saturated carbocycles. The Morgan fingerprint density at radius 3 is 2.77 bits per heavy atom. The molecular formula is C19H14BrN3O5S2. The standard InChI is InChI=1S/C19H14BrN3O5S2/c1-29-13-4-2-3-12(9-13)21-17(24)10-22-18(25)16(30-19(22)26)8-11-5-6-14(20)15(7-11)23(27)28/h2-9H,10H2,1H3,(H,21,24)/b16-8-. The number of nitrogens with one attached hydrogen (secondary N) is 1. The maximum absolute atomic E-state index is 12.6. The lowest BCUT2D eigenvalue weighted by Crippen LogP contribution is -2.36. The Morgan fingerprint density at radius 1 is 1.30 bits per heavy atom. The first-order chi connectivity index (χ1) is 14.3. The van der Waals surface area contributed by atoms with Crippen LogP contribution in [0.25, 0.3) is 6.08 Å². The Bertz CT molecular complexity index is 1090. The number of nitrogens with zero attached hydrogens (tertiary/aromatic N) is 2. The van der Waals surface area contributed by atoms with Gasteiger partial charge in [-0.1, -0.05) is 12.1 Å². The number of thioether (sulfide) groups is 2. The highest BCUT2D eigenvalue weighted by Gasteiger charge is 2.36. The molecule has 0 radical (unpaired) electrons. The van der Waals surface area contributed by atoms with E-state index in [9.17, 15) is 24.5 Å². The molecular weight excluding hydrogens is 494 g/mol. The summed E-state index contributed by atoms with van der Waals surface area (Å²) in [6.45, 7) is -0.425. The zero-order valence-electron chi connectivity index (χ0n) is 15.5. The zero-order valence-corrected chi connectivity index (χ0v) is 18.7. The van der Waals surface area contributed by atoms with E-state index in [2.05, 4.69) is 21.2 Å². The molecule has 2 aromatic carbocycles. The Kier molecular flexibility index (Phi) is 6.95. The molecule has 1 saturated heterocycles. The fourth-order valence-corrected chi connectivity index (χ4v) is 4.28. The quantitative estimate of drug-likeness (QED) is 0.260. The lowest BCUT2D eigenvalue weighted by Gasteiger charge is -2.12. The molecule has 0 unspecified atom stereocenters. The van der Waals surface area contributed by atoms with Gasteiger partial charge in [-0.3, -0.25) is 29.4 Å². The van der Waals surface area contributed by atoms with Gasteiger partial charge in [-0.15, -0.1) is 11.8 Å². The molecule has 2 aromatic rings. The van der Waals surface area contributed by atoms with Gasteiger partial charge in [0.2, 0.25) is 5.91 Å². The average molecular weight is 508 g/mol. The summed E-state index contributed by atoms with van der Waals surface area (Å²) in [6, 6.07) is 11.6. The molecule has 0 aliphatic carbocycles. The van der Waals surface area contributed by atoms with E-state index in [1.807, 2.05) is 12.3 Å². The van der Waals surface area contributed by atoms with Crippen LogP contribution in [-0.2, 0) is 9.59 Å². The van der Waals surface area contributed by atoms with Crippen LogP contribution in [0.3, 0.4) is 0 Å². The van der Waals surface area contributed by atoms with Gasteiger partial charge >= 0.3 is 0 Å². The van der Waals surface area contributed by atoms with Crippen LogP contribution in [-0.4, -0.2) is 39.7 Å². The molecule has 3 amide bonds. The smallest absolute Gasteiger partial charge is 0.294 e. The summed E-state index contributed by atoms with van der Waals surface area (Å²) in [5.41, 5.74) is 0.806. The molecule has 0 bridgehead atoms. The second-order valence-corrected chi connectivity index (χ2v) is 8.74. The molecule has 1 heterocycles. The number of amides is 3. The summed E-state index contributed by atoms with van der Waals surface area (Å²) in [5, 5.41) is 13.2. The van der Waals surface area contributed by atoms with Crippen LogP contribution < -0.4 is 5.32 Å². The van der Waals surface area contributed by atoms with Crippen LogP contribution in [0.4, 0.5) is 16.2 Å². The number of carbonyl (C=O) groups excluding carboxylic acids is 3. The number of nitro groups is 1. The van der Waals surface area contributed by atoms with Gasteiger partial charge in [0.1, 0.15) is 6.54 Å². The van der Waals surface area contributed by atoms with Crippen molar-refractivity contribution in [3.8, 4) is 0 Å². The Morgan fingerprint density at radius 2 is 2.07 bits per heavy atom. The highest BCUT2D eigenvalue weighted by Crippen LogP contribution is 2.33. The van der Waals surface area contributed by atoms with Gasteiger partial charge in [-0.05, 0) is 69.9 Å². The monoisotopic (exact) mass is 507 g/mol. The summed E-state index contributed by atoms with van der Waals surface area (Å²) in [4.78, 5) is 49.5. The molecule has 1 fully saturated rings. The Labute approximate surface area is 188 Å². The number of benzene rings is 2. The van der Waals surface area contributed by atoms with E-state index in [-0.39, 0.29) is 10.6 Å². The molecule has 8 nitrogen and oxygen atoms in total. The number of halogens is 1. The largest absolute Gasteiger partial charge is 0.324 e.